The van der Waals surface area contributed by atoms with E-state index < -0.39 is 41.6 Å². The maximum atomic E-state index is 13.8. The van der Waals surface area contributed by atoms with Crippen molar-refractivity contribution >= 4 is 63.5 Å². The number of hydroxylamine groups is 2. The smallest absolute Gasteiger partial charge is 0.292 e. The molecule has 0 radical (unpaired) electrons. The third-order valence-electron chi connectivity index (χ3n) is 9.86. The Kier molecular flexibility index (Phi) is 10.5. The number of nitrogens with one attached hydrogen (secondary N) is 2. The Hall–Kier alpha value is -6.27. The Morgan fingerprint density at radius 2 is 1.95 bits per heavy atom. The zero-order chi connectivity index (χ0) is 38.8. The van der Waals surface area contributed by atoms with Gasteiger partial charge in [0, 0.05) is 36.6 Å². The maximum Gasteiger partial charge on any atom is 0.292 e. The second-order valence-corrected chi connectivity index (χ2v) is 13.4. The summed E-state index contributed by atoms with van der Waals surface area (Å²) in [7, 11) is 0. The molecule has 18 nitrogen and oxygen atoms in total. The molecule has 0 spiro atoms. The molecule has 286 valence electrons. The molecule has 5 aromatic rings. The Morgan fingerprint density at radius 3 is 2.73 bits per heavy atom. The van der Waals surface area contributed by atoms with Crippen LogP contribution >= 0.6 is 0 Å². The minimum Gasteiger partial charge on any atom is -0.424 e. The summed E-state index contributed by atoms with van der Waals surface area (Å²) in [5, 5.41) is 12.3. The van der Waals surface area contributed by atoms with E-state index in [9.17, 15) is 24.0 Å². The van der Waals surface area contributed by atoms with E-state index in [0.717, 1.165) is 16.9 Å². The average molecular weight is 752 g/mol. The predicted molar refractivity (Wildman–Crippen MR) is 198 cm³/mol. The number of hydrogen-bond acceptors (Lipinski definition) is 14. The lowest BCUT2D eigenvalue weighted by atomic mass is 9.91. The summed E-state index contributed by atoms with van der Waals surface area (Å²) in [5.41, 5.74) is 15.6. The molecular weight excluding hydrogens is 710 g/mol. The summed E-state index contributed by atoms with van der Waals surface area (Å²) in [6.07, 6.45) is 3.30. The Morgan fingerprint density at radius 1 is 1.13 bits per heavy atom. The third kappa shape index (κ3) is 7.33. The van der Waals surface area contributed by atoms with Crippen LogP contribution in [0.25, 0.3) is 33.4 Å². The normalized spacial score (nSPS) is 17.9. The van der Waals surface area contributed by atoms with Crippen LogP contribution in [0.4, 0.5) is 11.8 Å². The number of imide groups is 2. The van der Waals surface area contributed by atoms with Gasteiger partial charge in [-0.1, -0.05) is 32.0 Å². The predicted octanol–water partition coefficient (Wildman–Crippen LogP) is 2.65. The highest BCUT2D eigenvalue weighted by atomic mass is 16.7. The van der Waals surface area contributed by atoms with Crippen molar-refractivity contribution in [3.63, 3.8) is 0 Å². The van der Waals surface area contributed by atoms with Crippen LogP contribution in [0.2, 0.25) is 0 Å². The van der Waals surface area contributed by atoms with Crippen LogP contribution in [0.5, 0.6) is 0 Å². The lowest BCUT2D eigenvalue weighted by Gasteiger charge is -2.38. The quantitative estimate of drug-likeness (QED) is 0.0942. The van der Waals surface area contributed by atoms with E-state index >= 15 is 0 Å². The van der Waals surface area contributed by atoms with Gasteiger partial charge in [-0.3, -0.25) is 39.0 Å². The number of anilines is 2. The van der Waals surface area contributed by atoms with E-state index in [1.54, 1.807) is 35.0 Å². The maximum absolute atomic E-state index is 13.8. The van der Waals surface area contributed by atoms with Crippen molar-refractivity contribution in [2.24, 2.45) is 0 Å². The van der Waals surface area contributed by atoms with Gasteiger partial charge >= 0.3 is 0 Å². The zero-order valence-electron chi connectivity index (χ0n) is 30.4. The molecule has 0 bridgehead atoms. The lowest BCUT2D eigenvalue weighted by Crippen LogP contribution is -2.60. The van der Waals surface area contributed by atoms with Crippen molar-refractivity contribution in [2.45, 2.75) is 77.0 Å². The van der Waals surface area contributed by atoms with Crippen LogP contribution in [-0.2, 0) is 30.6 Å². The van der Waals surface area contributed by atoms with Crippen LogP contribution in [0.3, 0.4) is 0 Å². The van der Waals surface area contributed by atoms with E-state index in [4.69, 9.17) is 25.8 Å². The summed E-state index contributed by atoms with van der Waals surface area (Å²) >= 11 is 0. The standard InChI is InChI=1S/C37H41N11O7/c1-3-15-47(54-17-16-46-33-29(32(38)40-19-41-33)30(45-46)20-9-12-26-24(18-20)42-37(39)55-26)21(4-2)10-13-27(49)43-31-22-7-5-6-8-23(22)35(52)48(36(31)53)25-11-14-28(50)44-34(25)51/h5-9,12,18-19,21,25,31H,3-4,10-11,13-17H2,1-2H3,(H2,39,42)(H,43,49)(H2,38,40,41)(H,44,50,51). The number of fused-ring (bicyclic) bond motifs is 3. The third-order valence-corrected chi connectivity index (χ3v) is 9.86. The number of hydrogen-bond donors (Lipinski definition) is 4. The van der Waals surface area contributed by atoms with Gasteiger partial charge in [-0.2, -0.15) is 15.1 Å². The molecule has 3 unspecified atom stereocenters. The molecule has 1 fully saturated rings. The lowest BCUT2D eigenvalue weighted by molar-refractivity contribution is -0.191. The molecule has 18 heteroatoms. The van der Waals surface area contributed by atoms with Gasteiger partial charge < -0.3 is 21.2 Å². The van der Waals surface area contributed by atoms with Crippen molar-refractivity contribution in [1.82, 2.24) is 45.3 Å². The first-order valence-electron chi connectivity index (χ1n) is 18.2. The highest BCUT2D eigenvalue weighted by Crippen LogP contribution is 2.33. The minimum absolute atomic E-state index is 0.00586. The second-order valence-electron chi connectivity index (χ2n) is 13.4. The fourth-order valence-electron chi connectivity index (χ4n) is 7.19. The molecule has 2 aliphatic heterocycles. The number of nitrogen functional groups attached to an aromatic ring is 2. The molecular formula is C37H41N11O7. The van der Waals surface area contributed by atoms with Gasteiger partial charge in [0.2, 0.25) is 17.7 Å². The number of oxazole rings is 1. The van der Waals surface area contributed by atoms with Crippen molar-refractivity contribution in [2.75, 3.05) is 24.6 Å². The molecule has 5 amide bonds. The van der Waals surface area contributed by atoms with E-state index in [-0.39, 0.29) is 49.3 Å². The van der Waals surface area contributed by atoms with Gasteiger partial charge in [0.15, 0.2) is 11.2 Å². The summed E-state index contributed by atoms with van der Waals surface area (Å²) in [6, 6.07) is 9.48. The molecule has 1 saturated heterocycles. The first-order chi connectivity index (χ1) is 26.6. The highest BCUT2D eigenvalue weighted by Gasteiger charge is 2.46. The van der Waals surface area contributed by atoms with Crippen LogP contribution in [0.1, 0.15) is 74.3 Å². The van der Waals surface area contributed by atoms with Crippen LogP contribution < -0.4 is 22.1 Å². The Labute approximate surface area is 314 Å². The number of nitrogens with zero attached hydrogens (tertiary/aromatic N) is 7. The Bertz CT molecular complexity index is 2300. The molecule has 3 atom stereocenters. The highest BCUT2D eigenvalue weighted by molar-refractivity contribution is 6.15. The van der Waals surface area contributed by atoms with E-state index in [2.05, 4.69) is 25.6 Å². The van der Waals surface area contributed by atoms with Gasteiger partial charge in [0.25, 0.3) is 17.8 Å². The van der Waals surface area contributed by atoms with E-state index in [1.807, 2.05) is 31.0 Å². The fourth-order valence-corrected chi connectivity index (χ4v) is 7.19. The molecule has 0 aliphatic carbocycles. The molecule has 2 aliphatic rings. The van der Waals surface area contributed by atoms with Crippen molar-refractivity contribution < 1.29 is 33.2 Å². The molecule has 3 aromatic heterocycles. The minimum atomic E-state index is -1.18. The number of carbonyl (C=O) groups excluding carboxylic acids is 5. The molecule has 0 saturated carbocycles. The SMILES string of the molecule is CCCN(OCCn1nc(-c2ccc3oc(N)nc3c2)c2c(N)ncnc21)C(CC)CCC(=O)NC1C(=O)N(C2CCC(=O)NC2=O)C(=O)c2ccccc21. The number of piperidine rings is 1. The topological polar surface area (TPSA) is 247 Å². The van der Waals surface area contributed by atoms with Gasteiger partial charge in [0.05, 0.1) is 18.5 Å². The molecule has 7 rings (SSSR count). The van der Waals surface area contributed by atoms with E-state index in [0.29, 0.717) is 59.3 Å². The Balaban J connectivity index is 1.02. The van der Waals surface area contributed by atoms with Gasteiger partial charge in [-0.25, -0.2) is 14.6 Å². The van der Waals surface area contributed by atoms with Crippen molar-refractivity contribution in [1.29, 1.82) is 0 Å². The van der Waals surface area contributed by atoms with Crippen molar-refractivity contribution in [3.05, 3.63) is 59.9 Å². The van der Waals surface area contributed by atoms with Crippen molar-refractivity contribution in [3.8, 4) is 11.3 Å². The molecule has 55 heavy (non-hydrogen) atoms. The zero-order valence-corrected chi connectivity index (χ0v) is 30.4. The monoisotopic (exact) mass is 751 g/mol. The van der Waals surface area contributed by atoms with Gasteiger partial charge in [-0.15, -0.1) is 0 Å². The molecule has 6 N–H and O–H groups in total. The summed E-state index contributed by atoms with van der Waals surface area (Å²) < 4.78 is 7.13. The number of carbonyl (C=O) groups is 5. The van der Waals surface area contributed by atoms with Crippen LogP contribution in [0.15, 0.2) is 53.2 Å². The summed E-state index contributed by atoms with van der Waals surface area (Å²) in [4.78, 5) is 85.2. The number of benzene rings is 2. The number of amides is 5. The number of rotatable bonds is 14. The molecule has 5 heterocycles. The van der Waals surface area contributed by atoms with Gasteiger partial charge in [0.1, 0.15) is 35.4 Å². The first kappa shape index (κ1) is 37.1. The number of nitrogens with two attached hydrogens (primary N) is 2. The van der Waals surface area contributed by atoms with Crippen LogP contribution in [0, 0.1) is 0 Å². The summed E-state index contributed by atoms with van der Waals surface area (Å²) in [6.45, 7) is 5.20. The summed E-state index contributed by atoms with van der Waals surface area (Å²) in [5.74, 6) is -2.69. The van der Waals surface area contributed by atoms with E-state index in [1.165, 1.54) is 6.33 Å². The fraction of sp³-hybridized carbons (Fsp3) is 0.378. The van der Waals surface area contributed by atoms with Gasteiger partial charge in [-0.05, 0) is 55.5 Å². The van der Waals surface area contributed by atoms with Crippen LogP contribution in [-0.4, -0.2) is 89.5 Å². The second kappa shape index (κ2) is 15.6. The average Bonchev–Trinajstić information content (AvgIpc) is 3.74. The number of aromatic nitrogens is 5. The molecule has 2 aromatic carbocycles. The first-order valence-corrected chi connectivity index (χ1v) is 18.2. The largest absolute Gasteiger partial charge is 0.424 e.